The minimum Gasteiger partial charge on any atom is -0.481 e. The molecule has 0 aliphatic carbocycles. The minimum atomic E-state index is -0.825. The first-order chi connectivity index (χ1) is 11.0. The highest BCUT2D eigenvalue weighted by atomic mass is 16.4. The number of aryl methyl sites for hydroxylation is 3. The second-order valence-corrected chi connectivity index (χ2v) is 5.69. The molecule has 0 atom stereocenters. The maximum Gasteiger partial charge on any atom is 0.303 e. The Balaban J connectivity index is 2.03. The molecule has 23 heavy (non-hydrogen) atoms. The van der Waals surface area contributed by atoms with Gasteiger partial charge in [-0.1, -0.05) is 30.3 Å². The third kappa shape index (κ3) is 4.95. The van der Waals surface area contributed by atoms with E-state index in [0.29, 0.717) is 18.5 Å². The van der Waals surface area contributed by atoms with E-state index in [2.05, 4.69) is 5.32 Å². The van der Waals surface area contributed by atoms with Crippen LogP contribution in [0.3, 0.4) is 0 Å². The van der Waals surface area contributed by atoms with Gasteiger partial charge in [0.25, 0.3) is 0 Å². The van der Waals surface area contributed by atoms with Crippen molar-refractivity contribution in [2.75, 3.05) is 5.32 Å². The van der Waals surface area contributed by atoms with Gasteiger partial charge < -0.3 is 10.4 Å². The number of carbonyl (C=O) groups is 2. The largest absolute Gasteiger partial charge is 0.481 e. The van der Waals surface area contributed by atoms with Crippen LogP contribution in [0.2, 0.25) is 0 Å². The van der Waals surface area contributed by atoms with Crippen LogP contribution in [0, 0.1) is 13.8 Å². The number of rotatable bonds is 6. The van der Waals surface area contributed by atoms with E-state index in [9.17, 15) is 9.59 Å². The average molecular weight is 311 g/mol. The van der Waals surface area contributed by atoms with E-state index in [0.717, 1.165) is 22.3 Å². The number of carbonyl (C=O) groups excluding carboxylic acids is 1. The summed E-state index contributed by atoms with van der Waals surface area (Å²) >= 11 is 0. The Bertz CT molecular complexity index is 702. The lowest BCUT2D eigenvalue weighted by Crippen LogP contribution is -2.16. The summed E-state index contributed by atoms with van der Waals surface area (Å²) in [4.78, 5) is 22.9. The van der Waals surface area contributed by atoms with E-state index in [-0.39, 0.29) is 12.3 Å². The van der Waals surface area contributed by atoms with Gasteiger partial charge in [-0.25, -0.2) is 0 Å². The molecule has 0 spiro atoms. The zero-order valence-corrected chi connectivity index (χ0v) is 13.4. The lowest BCUT2D eigenvalue weighted by Gasteiger charge is -2.11. The van der Waals surface area contributed by atoms with Crippen molar-refractivity contribution in [3.05, 3.63) is 64.7 Å². The smallest absolute Gasteiger partial charge is 0.303 e. The van der Waals surface area contributed by atoms with Gasteiger partial charge in [0.05, 0.1) is 6.42 Å². The zero-order valence-electron chi connectivity index (χ0n) is 13.4. The second-order valence-electron chi connectivity index (χ2n) is 5.69. The molecule has 2 aromatic rings. The maximum absolute atomic E-state index is 12.3. The first-order valence-corrected chi connectivity index (χ1v) is 7.61. The molecule has 0 saturated heterocycles. The van der Waals surface area contributed by atoms with E-state index >= 15 is 0 Å². The molecule has 0 unspecified atom stereocenters. The number of hydrogen-bond donors (Lipinski definition) is 2. The third-order valence-electron chi connectivity index (χ3n) is 3.82. The summed E-state index contributed by atoms with van der Waals surface area (Å²) in [6.07, 6.45) is 0.869. The molecule has 0 bridgehead atoms. The number of benzene rings is 2. The molecular weight excluding hydrogens is 290 g/mol. The number of nitrogens with one attached hydrogen (secondary N) is 1. The number of carboxylic acid groups (broad SMARTS) is 1. The fourth-order valence-corrected chi connectivity index (χ4v) is 2.55. The van der Waals surface area contributed by atoms with Gasteiger partial charge in [-0.3, -0.25) is 9.59 Å². The van der Waals surface area contributed by atoms with Crippen LogP contribution >= 0.6 is 0 Å². The van der Waals surface area contributed by atoms with Gasteiger partial charge >= 0.3 is 5.97 Å². The van der Waals surface area contributed by atoms with Crippen LogP contribution < -0.4 is 5.32 Å². The monoisotopic (exact) mass is 311 g/mol. The molecule has 1 amide bonds. The first kappa shape index (κ1) is 16.7. The highest BCUT2D eigenvalue weighted by Gasteiger charge is 2.09. The summed E-state index contributed by atoms with van der Waals surface area (Å²) in [6, 6.07) is 13.3. The lowest BCUT2D eigenvalue weighted by molar-refractivity contribution is -0.137. The van der Waals surface area contributed by atoms with Gasteiger partial charge in [-0.05, 0) is 54.7 Å². The summed E-state index contributed by atoms with van der Waals surface area (Å²) < 4.78 is 0. The Morgan fingerprint density at radius 3 is 2.35 bits per heavy atom. The SMILES string of the molecule is Cc1cccc(C)c1CC(=O)Nc1cccc(CCC(=O)O)c1. The van der Waals surface area contributed by atoms with Crippen molar-refractivity contribution < 1.29 is 14.7 Å². The Hall–Kier alpha value is -2.62. The molecule has 0 radical (unpaired) electrons. The molecule has 2 N–H and O–H groups in total. The molecule has 0 aliphatic heterocycles. The summed E-state index contributed by atoms with van der Waals surface area (Å²) in [6.45, 7) is 4.00. The Kier molecular flexibility index (Phi) is 5.52. The van der Waals surface area contributed by atoms with Crippen LogP contribution in [0.5, 0.6) is 0 Å². The van der Waals surface area contributed by atoms with Crippen molar-refractivity contribution in [1.82, 2.24) is 0 Å². The van der Waals surface area contributed by atoms with Crippen molar-refractivity contribution in [3.63, 3.8) is 0 Å². The van der Waals surface area contributed by atoms with E-state index in [1.54, 1.807) is 0 Å². The number of amides is 1. The fourth-order valence-electron chi connectivity index (χ4n) is 2.55. The summed E-state index contributed by atoms with van der Waals surface area (Å²) in [7, 11) is 0. The van der Waals surface area contributed by atoms with Crippen LogP contribution in [0.4, 0.5) is 5.69 Å². The van der Waals surface area contributed by atoms with Crippen LogP contribution in [-0.2, 0) is 22.4 Å². The van der Waals surface area contributed by atoms with E-state index in [1.807, 2.05) is 56.3 Å². The summed E-state index contributed by atoms with van der Waals surface area (Å²) in [5.74, 6) is -0.896. The molecule has 2 aromatic carbocycles. The Morgan fingerprint density at radius 1 is 1.04 bits per heavy atom. The molecule has 0 aliphatic rings. The van der Waals surface area contributed by atoms with Crippen molar-refractivity contribution in [1.29, 1.82) is 0 Å². The normalized spacial score (nSPS) is 10.3. The van der Waals surface area contributed by atoms with Crippen LogP contribution in [-0.4, -0.2) is 17.0 Å². The third-order valence-corrected chi connectivity index (χ3v) is 3.82. The van der Waals surface area contributed by atoms with Crippen LogP contribution in [0.1, 0.15) is 28.7 Å². The van der Waals surface area contributed by atoms with Crippen molar-refractivity contribution in [2.45, 2.75) is 33.1 Å². The van der Waals surface area contributed by atoms with Crippen LogP contribution in [0.25, 0.3) is 0 Å². The Morgan fingerprint density at radius 2 is 1.70 bits per heavy atom. The molecule has 2 rings (SSSR count). The molecule has 120 valence electrons. The minimum absolute atomic E-state index is 0.0715. The highest BCUT2D eigenvalue weighted by Crippen LogP contribution is 2.16. The maximum atomic E-state index is 12.3. The van der Waals surface area contributed by atoms with Gasteiger partial charge in [0.2, 0.25) is 5.91 Å². The fraction of sp³-hybridized carbons (Fsp3) is 0.263. The predicted molar refractivity (Wildman–Crippen MR) is 90.6 cm³/mol. The second kappa shape index (κ2) is 7.58. The standard InChI is InChI=1S/C19H21NO3/c1-13-5-3-6-14(2)17(13)12-18(21)20-16-8-4-7-15(11-16)9-10-19(22)23/h3-8,11H,9-10,12H2,1-2H3,(H,20,21)(H,22,23). The lowest BCUT2D eigenvalue weighted by atomic mass is 10.00. The number of aliphatic carboxylic acids is 1. The van der Waals surface area contributed by atoms with Crippen molar-refractivity contribution in [2.24, 2.45) is 0 Å². The van der Waals surface area contributed by atoms with Gasteiger partial charge in [-0.15, -0.1) is 0 Å². The molecule has 0 heterocycles. The molecule has 4 heteroatoms. The van der Waals surface area contributed by atoms with Crippen LogP contribution in [0.15, 0.2) is 42.5 Å². The quantitative estimate of drug-likeness (QED) is 0.858. The average Bonchev–Trinajstić information content (AvgIpc) is 2.49. The number of carboxylic acids is 1. The molecule has 0 saturated carbocycles. The Labute approximate surface area is 136 Å². The van der Waals surface area contributed by atoms with Gasteiger partial charge in [-0.2, -0.15) is 0 Å². The van der Waals surface area contributed by atoms with E-state index in [4.69, 9.17) is 5.11 Å². The van der Waals surface area contributed by atoms with Crippen molar-refractivity contribution in [3.8, 4) is 0 Å². The summed E-state index contributed by atoms with van der Waals surface area (Å²) in [5.41, 5.74) is 4.86. The summed E-state index contributed by atoms with van der Waals surface area (Å²) in [5, 5.41) is 11.6. The topological polar surface area (TPSA) is 66.4 Å². The zero-order chi connectivity index (χ0) is 16.8. The number of anilines is 1. The molecule has 0 fully saturated rings. The predicted octanol–water partition coefficient (Wildman–Crippen LogP) is 3.50. The van der Waals surface area contributed by atoms with Gasteiger partial charge in [0.1, 0.15) is 0 Å². The molecule has 0 aromatic heterocycles. The number of hydrogen-bond acceptors (Lipinski definition) is 2. The van der Waals surface area contributed by atoms with E-state index < -0.39 is 5.97 Å². The molecular formula is C19H21NO3. The van der Waals surface area contributed by atoms with Crippen molar-refractivity contribution >= 4 is 17.6 Å². The van der Waals surface area contributed by atoms with Gasteiger partial charge in [0.15, 0.2) is 0 Å². The highest BCUT2D eigenvalue weighted by molar-refractivity contribution is 5.92. The van der Waals surface area contributed by atoms with Gasteiger partial charge in [0, 0.05) is 12.1 Å². The molecule has 4 nitrogen and oxygen atoms in total. The first-order valence-electron chi connectivity index (χ1n) is 7.61. The van der Waals surface area contributed by atoms with E-state index in [1.165, 1.54) is 0 Å².